The number of hydrogen-bond donors (Lipinski definition) is 2. The van der Waals surface area contributed by atoms with Crippen LogP contribution in [0.15, 0.2) is 24.3 Å². The minimum Gasteiger partial charge on any atom is -0.508 e. The van der Waals surface area contributed by atoms with Gasteiger partial charge >= 0.3 is 18.0 Å². The molecule has 1 aromatic carbocycles. The number of esters is 2. The quantitative estimate of drug-likeness (QED) is 0.403. The van der Waals surface area contributed by atoms with E-state index in [1.54, 1.807) is 86.6 Å². The number of hydrogen-bond acceptors (Lipinski definition) is 7. The number of carbonyl (C=O) groups excluding carboxylic acids is 3. The normalized spacial score (nSPS) is 14.0. The molecule has 0 aliphatic carbocycles. The van der Waals surface area contributed by atoms with Gasteiger partial charge in [-0.05, 0) is 99.3 Å². The summed E-state index contributed by atoms with van der Waals surface area (Å²) >= 11 is 0. The summed E-state index contributed by atoms with van der Waals surface area (Å²) in [7, 11) is 0. The minimum atomic E-state index is -1.00. The number of aromatic hydroxyl groups is 1. The first-order chi connectivity index (χ1) is 15.3. The molecule has 2 N–H and O–H groups in total. The van der Waals surface area contributed by atoms with Crippen molar-refractivity contribution >= 4 is 18.0 Å². The molecule has 0 aromatic heterocycles. The largest absolute Gasteiger partial charge is 0.508 e. The number of phenols is 1. The van der Waals surface area contributed by atoms with Gasteiger partial charge in [-0.1, -0.05) is 12.1 Å². The average Bonchev–Trinajstić information content (AvgIpc) is 2.61. The van der Waals surface area contributed by atoms with Crippen molar-refractivity contribution in [2.24, 2.45) is 5.92 Å². The van der Waals surface area contributed by atoms with Crippen LogP contribution in [0.25, 0.3) is 0 Å². The first-order valence-electron chi connectivity index (χ1n) is 11.6. The lowest BCUT2D eigenvalue weighted by Crippen LogP contribution is -2.46. The Hall–Kier alpha value is -2.77. The number of amides is 1. The monoisotopic (exact) mass is 479 g/mol. The van der Waals surface area contributed by atoms with Crippen LogP contribution in [0, 0.1) is 5.92 Å². The fraction of sp³-hybridized carbons (Fsp3) is 0.654. The van der Waals surface area contributed by atoms with Gasteiger partial charge in [-0.15, -0.1) is 0 Å². The molecule has 0 bridgehead atoms. The Labute approximate surface area is 203 Å². The molecule has 8 heteroatoms. The van der Waals surface area contributed by atoms with Crippen molar-refractivity contribution in [1.82, 2.24) is 5.32 Å². The van der Waals surface area contributed by atoms with Crippen LogP contribution in [-0.4, -0.2) is 46.0 Å². The van der Waals surface area contributed by atoms with Gasteiger partial charge in [0.1, 0.15) is 28.6 Å². The highest BCUT2D eigenvalue weighted by atomic mass is 16.6. The molecule has 0 saturated heterocycles. The van der Waals surface area contributed by atoms with Gasteiger partial charge < -0.3 is 24.6 Å². The predicted molar refractivity (Wildman–Crippen MR) is 129 cm³/mol. The Morgan fingerprint density at radius 2 is 1.24 bits per heavy atom. The average molecular weight is 480 g/mol. The number of phenolic OH excluding ortho intramolecular Hbond substituents is 1. The summed E-state index contributed by atoms with van der Waals surface area (Å²) in [6.45, 7) is 15.8. The highest BCUT2D eigenvalue weighted by molar-refractivity contribution is 5.82. The number of rotatable bonds is 8. The third kappa shape index (κ3) is 12.5. The summed E-state index contributed by atoms with van der Waals surface area (Å²) in [5.74, 6) is -1.45. The molecule has 0 fully saturated rings. The molecule has 0 aliphatic rings. The maximum absolute atomic E-state index is 13.0. The lowest BCUT2D eigenvalue weighted by Gasteiger charge is -2.28. The van der Waals surface area contributed by atoms with E-state index in [1.807, 2.05) is 0 Å². The van der Waals surface area contributed by atoms with Crippen molar-refractivity contribution < 1.29 is 33.7 Å². The zero-order valence-electron chi connectivity index (χ0n) is 22.0. The van der Waals surface area contributed by atoms with E-state index in [-0.39, 0.29) is 18.6 Å². The number of carbonyl (C=O) groups is 3. The van der Waals surface area contributed by atoms with E-state index in [2.05, 4.69) is 5.32 Å². The smallest absolute Gasteiger partial charge is 0.408 e. The second-order valence-corrected chi connectivity index (χ2v) is 11.4. The zero-order valence-corrected chi connectivity index (χ0v) is 22.0. The first kappa shape index (κ1) is 29.3. The second-order valence-electron chi connectivity index (χ2n) is 11.4. The van der Waals surface area contributed by atoms with Gasteiger partial charge in [0.15, 0.2) is 0 Å². The molecule has 0 spiro atoms. The summed E-state index contributed by atoms with van der Waals surface area (Å²) in [6.07, 6.45) is 0.0182. The number of alkyl carbamates (subject to hydrolysis) is 1. The lowest BCUT2D eigenvalue weighted by atomic mass is 9.92. The van der Waals surface area contributed by atoms with E-state index < -0.39 is 46.8 Å². The van der Waals surface area contributed by atoms with Crippen molar-refractivity contribution in [1.29, 1.82) is 0 Å². The summed E-state index contributed by atoms with van der Waals surface area (Å²) in [5, 5.41) is 12.1. The van der Waals surface area contributed by atoms with Crippen LogP contribution in [0.2, 0.25) is 0 Å². The molecule has 1 rings (SSSR count). The van der Waals surface area contributed by atoms with Crippen LogP contribution < -0.4 is 5.32 Å². The number of nitrogens with one attached hydrogen (secondary N) is 1. The van der Waals surface area contributed by atoms with E-state index in [9.17, 15) is 19.5 Å². The SMILES string of the molecule is CC(C)(C)OC(=O)N[C@H](CC[C@H](Cc1ccc(O)cc1)C(=O)OC(C)(C)C)C(=O)OC(C)(C)C. The molecule has 2 atom stereocenters. The van der Waals surface area contributed by atoms with Crippen LogP contribution in [-0.2, 0) is 30.2 Å². The molecule has 0 saturated carbocycles. The topological polar surface area (TPSA) is 111 Å². The third-order valence-corrected chi connectivity index (χ3v) is 4.34. The van der Waals surface area contributed by atoms with Gasteiger partial charge in [-0.25, -0.2) is 9.59 Å². The van der Waals surface area contributed by atoms with Crippen molar-refractivity contribution in [3.8, 4) is 5.75 Å². The van der Waals surface area contributed by atoms with Crippen LogP contribution in [0.4, 0.5) is 4.79 Å². The Morgan fingerprint density at radius 3 is 1.71 bits per heavy atom. The van der Waals surface area contributed by atoms with Gasteiger partial charge in [0.05, 0.1) is 5.92 Å². The molecule has 1 amide bonds. The second kappa shape index (κ2) is 11.6. The summed E-state index contributed by atoms with van der Waals surface area (Å²) in [5.41, 5.74) is -1.33. The Balaban J connectivity index is 3.07. The fourth-order valence-corrected chi connectivity index (χ4v) is 3.04. The Kier molecular flexibility index (Phi) is 9.97. The standard InChI is InChI=1S/C26H41NO7/c1-24(2,3)32-21(29)18(16-17-10-13-19(28)14-11-17)12-15-20(22(30)33-25(4,5)6)27-23(31)34-26(7,8)9/h10-11,13-14,18,20,28H,12,15-16H2,1-9H3,(H,27,31)/t18-,20-/m1/s1. The van der Waals surface area contributed by atoms with Gasteiger partial charge in [0.2, 0.25) is 0 Å². The maximum Gasteiger partial charge on any atom is 0.408 e. The Morgan fingerprint density at radius 1 is 0.765 bits per heavy atom. The molecule has 0 heterocycles. The van der Waals surface area contributed by atoms with Gasteiger partial charge in [0.25, 0.3) is 0 Å². The highest BCUT2D eigenvalue weighted by Gasteiger charge is 2.32. The van der Waals surface area contributed by atoms with Crippen LogP contribution in [0.3, 0.4) is 0 Å². The van der Waals surface area contributed by atoms with E-state index in [1.165, 1.54) is 0 Å². The van der Waals surface area contributed by atoms with Crippen LogP contribution >= 0.6 is 0 Å². The first-order valence-corrected chi connectivity index (χ1v) is 11.6. The van der Waals surface area contributed by atoms with Crippen molar-refractivity contribution in [3.63, 3.8) is 0 Å². The molecular formula is C26H41NO7. The molecule has 1 aromatic rings. The lowest BCUT2D eigenvalue weighted by molar-refractivity contribution is -0.162. The maximum atomic E-state index is 13.0. The highest BCUT2D eigenvalue weighted by Crippen LogP contribution is 2.23. The van der Waals surface area contributed by atoms with Gasteiger partial charge in [0, 0.05) is 0 Å². The molecule has 8 nitrogen and oxygen atoms in total. The summed E-state index contributed by atoms with van der Waals surface area (Å²) < 4.78 is 16.4. The van der Waals surface area contributed by atoms with Crippen molar-refractivity contribution in [3.05, 3.63) is 29.8 Å². The van der Waals surface area contributed by atoms with E-state index in [0.717, 1.165) is 5.56 Å². The molecular weight excluding hydrogens is 438 g/mol. The number of ether oxygens (including phenoxy) is 3. The molecule has 0 aliphatic heterocycles. The Bertz CT molecular complexity index is 827. The molecule has 34 heavy (non-hydrogen) atoms. The summed E-state index contributed by atoms with van der Waals surface area (Å²) in [4.78, 5) is 38.2. The van der Waals surface area contributed by atoms with Gasteiger partial charge in [-0.2, -0.15) is 0 Å². The predicted octanol–water partition coefficient (Wildman–Crippen LogP) is 4.91. The van der Waals surface area contributed by atoms with Gasteiger partial charge in [-0.3, -0.25) is 4.79 Å². The van der Waals surface area contributed by atoms with Crippen LogP contribution in [0.5, 0.6) is 5.75 Å². The minimum absolute atomic E-state index is 0.129. The van der Waals surface area contributed by atoms with Crippen LogP contribution in [0.1, 0.15) is 80.7 Å². The fourth-order valence-electron chi connectivity index (χ4n) is 3.04. The summed E-state index contributed by atoms with van der Waals surface area (Å²) in [6, 6.07) is 5.57. The van der Waals surface area contributed by atoms with Crippen molar-refractivity contribution in [2.75, 3.05) is 0 Å². The zero-order chi connectivity index (χ0) is 26.3. The molecule has 192 valence electrons. The third-order valence-electron chi connectivity index (χ3n) is 4.34. The van der Waals surface area contributed by atoms with E-state index in [0.29, 0.717) is 6.42 Å². The molecule has 0 unspecified atom stereocenters. The van der Waals surface area contributed by atoms with E-state index >= 15 is 0 Å². The molecule has 0 radical (unpaired) electrons. The van der Waals surface area contributed by atoms with E-state index in [4.69, 9.17) is 14.2 Å². The number of benzene rings is 1. The van der Waals surface area contributed by atoms with Crippen molar-refractivity contribution in [2.45, 2.75) is 104 Å².